The van der Waals surface area contributed by atoms with Crippen LogP contribution >= 0.6 is 0 Å². The Morgan fingerprint density at radius 1 is 1.08 bits per heavy atom. The first-order chi connectivity index (χ1) is 6.43. The maximum Gasteiger partial charge on any atom is -0.000847 e. The van der Waals surface area contributed by atoms with Crippen LogP contribution in [0.5, 0.6) is 0 Å². The van der Waals surface area contributed by atoms with E-state index in [1.807, 2.05) is 6.08 Å². The Balaban J connectivity index is 2.39. The van der Waals surface area contributed by atoms with Crippen molar-refractivity contribution in [3.63, 3.8) is 0 Å². The van der Waals surface area contributed by atoms with Gasteiger partial charge in [-0.3, -0.25) is 0 Å². The van der Waals surface area contributed by atoms with Gasteiger partial charge in [0.05, 0.1) is 0 Å². The van der Waals surface area contributed by atoms with Crippen LogP contribution < -0.4 is 5.32 Å². The van der Waals surface area contributed by atoms with Crippen molar-refractivity contribution in [3.05, 3.63) is 48.1 Å². The minimum atomic E-state index is 1.05. The van der Waals surface area contributed by atoms with E-state index >= 15 is 0 Å². The van der Waals surface area contributed by atoms with Crippen molar-refractivity contribution in [1.82, 2.24) is 5.32 Å². The van der Waals surface area contributed by atoms with Gasteiger partial charge in [-0.2, -0.15) is 0 Å². The molecule has 0 aliphatic heterocycles. The highest BCUT2D eigenvalue weighted by atomic mass is 14.8. The lowest BCUT2D eigenvalue weighted by Crippen LogP contribution is -2.14. The van der Waals surface area contributed by atoms with Crippen LogP contribution in [0.3, 0.4) is 0 Å². The topological polar surface area (TPSA) is 12.0 Å². The van der Waals surface area contributed by atoms with Gasteiger partial charge >= 0.3 is 0 Å². The Bertz CT molecular complexity index is 244. The second-order valence-corrected chi connectivity index (χ2v) is 2.97. The third-order valence-corrected chi connectivity index (χ3v) is 1.91. The van der Waals surface area contributed by atoms with Crippen LogP contribution in [0.1, 0.15) is 13.3 Å². The van der Waals surface area contributed by atoms with E-state index in [-0.39, 0.29) is 0 Å². The fourth-order valence-electron chi connectivity index (χ4n) is 1.18. The van der Waals surface area contributed by atoms with E-state index in [1.54, 1.807) is 0 Å². The molecule has 1 aliphatic carbocycles. The molecule has 0 aromatic carbocycles. The zero-order valence-electron chi connectivity index (χ0n) is 8.16. The third kappa shape index (κ3) is 4.48. The molecule has 0 aromatic heterocycles. The molecule has 70 valence electrons. The van der Waals surface area contributed by atoms with Crippen LogP contribution in [-0.4, -0.2) is 13.1 Å². The van der Waals surface area contributed by atoms with Crippen LogP contribution in [-0.2, 0) is 0 Å². The van der Waals surface area contributed by atoms with Crippen molar-refractivity contribution < 1.29 is 0 Å². The summed E-state index contributed by atoms with van der Waals surface area (Å²) in [7, 11) is 0. The molecule has 0 spiro atoms. The summed E-state index contributed by atoms with van der Waals surface area (Å²) < 4.78 is 0. The molecule has 0 bridgehead atoms. The van der Waals surface area contributed by atoms with Crippen molar-refractivity contribution in [2.75, 3.05) is 13.1 Å². The van der Waals surface area contributed by atoms with Crippen molar-refractivity contribution >= 4 is 0 Å². The van der Waals surface area contributed by atoms with E-state index in [2.05, 4.69) is 48.7 Å². The lowest BCUT2D eigenvalue weighted by Gasteiger charge is -2.02. The Hall–Kier alpha value is -1.08. The van der Waals surface area contributed by atoms with Crippen molar-refractivity contribution in [2.45, 2.75) is 13.3 Å². The molecule has 0 radical (unpaired) electrons. The molecule has 0 heterocycles. The van der Waals surface area contributed by atoms with Gasteiger partial charge in [0.25, 0.3) is 0 Å². The number of allylic oxidation sites excluding steroid dienone is 7. The quantitative estimate of drug-likeness (QED) is 0.648. The number of nitrogens with one attached hydrogen (secondary N) is 1. The zero-order chi connectivity index (χ0) is 9.36. The molecule has 1 aliphatic rings. The van der Waals surface area contributed by atoms with Crippen LogP contribution in [0.2, 0.25) is 0 Å². The van der Waals surface area contributed by atoms with E-state index in [0.29, 0.717) is 0 Å². The summed E-state index contributed by atoms with van der Waals surface area (Å²) >= 11 is 0. The Morgan fingerprint density at radius 2 is 1.85 bits per heavy atom. The van der Waals surface area contributed by atoms with E-state index in [0.717, 1.165) is 19.5 Å². The molecule has 13 heavy (non-hydrogen) atoms. The fraction of sp³-hybridized carbons (Fsp3) is 0.333. The summed E-state index contributed by atoms with van der Waals surface area (Å²) in [5.41, 5.74) is 1.38. The zero-order valence-corrected chi connectivity index (χ0v) is 8.16. The molecule has 0 aromatic rings. The molecule has 0 fully saturated rings. The van der Waals surface area contributed by atoms with Gasteiger partial charge in [0.1, 0.15) is 0 Å². The van der Waals surface area contributed by atoms with Gasteiger partial charge in [0.15, 0.2) is 0 Å². The van der Waals surface area contributed by atoms with E-state index < -0.39 is 0 Å². The highest BCUT2D eigenvalue weighted by Gasteiger charge is 1.90. The van der Waals surface area contributed by atoms with Crippen LogP contribution in [0.25, 0.3) is 0 Å². The number of hydrogen-bond acceptors (Lipinski definition) is 1. The molecule has 0 amide bonds. The van der Waals surface area contributed by atoms with Crippen LogP contribution in [0.4, 0.5) is 0 Å². The summed E-state index contributed by atoms with van der Waals surface area (Å²) in [5.74, 6) is 0. The van der Waals surface area contributed by atoms with Gasteiger partial charge in [0, 0.05) is 0 Å². The monoisotopic (exact) mass is 175 g/mol. The first-order valence-corrected chi connectivity index (χ1v) is 4.85. The standard InChI is InChI=1S/C12H17N/c1-2-13-11-10-12-8-6-4-3-5-7-9-12/h3-9,13H,2,10-11H2,1H3/b4-3-,5-3?,6-4?,7-5-,8-6-,9-7?,12-8?,12-9+. The third-order valence-electron chi connectivity index (χ3n) is 1.91. The highest BCUT2D eigenvalue weighted by Crippen LogP contribution is 2.05. The summed E-state index contributed by atoms with van der Waals surface area (Å²) in [6.45, 7) is 4.24. The lowest BCUT2D eigenvalue weighted by molar-refractivity contribution is 0.718. The Labute approximate surface area is 80.5 Å². The molecule has 0 unspecified atom stereocenters. The molecule has 0 atom stereocenters. The van der Waals surface area contributed by atoms with Gasteiger partial charge in [-0.25, -0.2) is 0 Å². The lowest BCUT2D eigenvalue weighted by atomic mass is 10.1. The first kappa shape index (κ1) is 10.0. The fourth-order valence-corrected chi connectivity index (χ4v) is 1.18. The normalized spacial score (nSPS) is 26.7. The minimum absolute atomic E-state index is 1.05. The summed E-state index contributed by atoms with van der Waals surface area (Å²) in [6.07, 6.45) is 15.7. The van der Waals surface area contributed by atoms with Crippen molar-refractivity contribution in [3.8, 4) is 0 Å². The van der Waals surface area contributed by atoms with E-state index in [9.17, 15) is 0 Å². The van der Waals surface area contributed by atoms with E-state index in [4.69, 9.17) is 0 Å². The molecule has 1 rings (SSSR count). The Morgan fingerprint density at radius 3 is 2.69 bits per heavy atom. The maximum atomic E-state index is 3.31. The van der Waals surface area contributed by atoms with E-state index in [1.165, 1.54) is 5.57 Å². The average molecular weight is 175 g/mol. The highest BCUT2D eigenvalue weighted by molar-refractivity contribution is 5.30. The first-order valence-electron chi connectivity index (χ1n) is 4.85. The molecule has 1 nitrogen and oxygen atoms in total. The summed E-state index contributed by atoms with van der Waals surface area (Å²) in [6, 6.07) is 0. The SMILES string of the molecule is CCNCCC1=C/C=C\C=C/C=C\1. The smallest absolute Gasteiger partial charge is 0.000847 e. The summed E-state index contributed by atoms with van der Waals surface area (Å²) in [4.78, 5) is 0. The maximum absolute atomic E-state index is 3.31. The van der Waals surface area contributed by atoms with Gasteiger partial charge in [-0.1, -0.05) is 49.5 Å². The second kappa shape index (κ2) is 6.44. The van der Waals surface area contributed by atoms with Crippen LogP contribution in [0, 0.1) is 0 Å². The van der Waals surface area contributed by atoms with Crippen molar-refractivity contribution in [2.24, 2.45) is 0 Å². The summed E-state index contributed by atoms with van der Waals surface area (Å²) in [5, 5.41) is 3.31. The van der Waals surface area contributed by atoms with Crippen molar-refractivity contribution in [1.29, 1.82) is 0 Å². The minimum Gasteiger partial charge on any atom is -0.317 e. The number of hydrogen-bond donors (Lipinski definition) is 1. The van der Waals surface area contributed by atoms with Gasteiger partial charge < -0.3 is 5.32 Å². The second-order valence-electron chi connectivity index (χ2n) is 2.97. The molecule has 0 saturated carbocycles. The largest absolute Gasteiger partial charge is 0.317 e. The predicted octanol–water partition coefficient (Wildman–Crippen LogP) is 2.59. The molecule has 0 saturated heterocycles. The molecular weight excluding hydrogens is 158 g/mol. The predicted molar refractivity (Wildman–Crippen MR) is 58.7 cm³/mol. The average Bonchev–Trinajstić information content (AvgIpc) is 2.08. The van der Waals surface area contributed by atoms with Gasteiger partial charge in [0.2, 0.25) is 0 Å². The van der Waals surface area contributed by atoms with Crippen LogP contribution in [0.15, 0.2) is 48.1 Å². The molecule has 1 heteroatoms. The molecular formula is C12H17N. The number of rotatable bonds is 4. The van der Waals surface area contributed by atoms with Gasteiger partial charge in [-0.15, -0.1) is 0 Å². The molecule has 1 N–H and O–H groups in total. The Kier molecular flexibility index (Phi) is 4.95. The van der Waals surface area contributed by atoms with Gasteiger partial charge in [-0.05, 0) is 25.1 Å².